The summed E-state index contributed by atoms with van der Waals surface area (Å²) >= 11 is 0. The highest BCUT2D eigenvalue weighted by molar-refractivity contribution is 6.17. The molecule has 0 radical (unpaired) electrons. The molecule has 5 nitrogen and oxygen atoms in total. The van der Waals surface area contributed by atoms with Gasteiger partial charge in [0.15, 0.2) is 0 Å². The average molecular weight is 362 g/mol. The van der Waals surface area contributed by atoms with Crippen molar-refractivity contribution in [3.8, 4) is 22.6 Å². The van der Waals surface area contributed by atoms with Gasteiger partial charge in [-0.25, -0.2) is 4.79 Å². The van der Waals surface area contributed by atoms with Crippen molar-refractivity contribution >= 4 is 11.8 Å². The third-order valence-electron chi connectivity index (χ3n) is 4.10. The summed E-state index contributed by atoms with van der Waals surface area (Å²) < 4.78 is 5.07. The number of hydrogen-bond donors (Lipinski definition) is 2. The molecule has 3 rings (SSSR count). The second-order valence-corrected chi connectivity index (χ2v) is 5.85. The Balaban J connectivity index is 2.19. The van der Waals surface area contributed by atoms with Gasteiger partial charge < -0.3 is 14.9 Å². The first-order valence-corrected chi connectivity index (χ1v) is 8.45. The van der Waals surface area contributed by atoms with Crippen molar-refractivity contribution in [2.75, 3.05) is 6.61 Å². The van der Waals surface area contributed by atoms with Crippen LogP contribution in [0.4, 0.5) is 0 Å². The van der Waals surface area contributed by atoms with E-state index in [9.17, 15) is 19.8 Å². The number of phenols is 2. The average Bonchev–Trinajstić information content (AvgIpc) is 2.68. The maximum absolute atomic E-state index is 12.9. The van der Waals surface area contributed by atoms with Crippen molar-refractivity contribution in [3.63, 3.8) is 0 Å². The van der Waals surface area contributed by atoms with Gasteiger partial charge in [-0.3, -0.25) is 4.79 Å². The summed E-state index contributed by atoms with van der Waals surface area (Å²) in [6.45, 7) is 1.78. The fraction of sp³-hybridized carbons (Fsp3) is 0.0909. The normalized spacial score (nSPS) is 10.4. The van der Waals surface area contributed by atoms with Crippen LogP contribution in [0.3, 0.4) is 0 Å². The van der Waals surface area contributed by atoms with Crippen LogP contribution in [0.25, 0.3) is 11.1 Å². The van der Waals surface area contributed by atoms with Crippen LogP contribution in [0.1, 0.15) is 33.2 Å². The first-order chi connectivity index (χ1) is 13.0. The maximum atomic E-state index is 12.9. The number of aromatic hydroxyl groups is 2. The molecule has 0 aromatic heterocycles. The van der Waals surface area contributed by atoms with Crippen LogP contribution >= 0.6 is 0 Å². The zero-order chi connectivity index (χ0) is 19.4. The number of benzene rings is 3. The van der Waals surface area contributed by atoms with E-state index in [2.05, 4.69) is 0 Å². The van der Waals surface area contributed by atoms with Crippen LogP contribution in [0.2, 0.25) is 0 Å². The monoisotopic (exact) mass is 362 g/mol. The van der Waals surface area contributed by atoms with Crippen LogP contribution in [-0.4, -0.2) is 28.6 Å². The first kappa shape index (κ1) is 18.2. The topological polar surface area (TPSA) is 83.8 Å². The standard InChI is InChI=1S/C22H18O5/c1-2-27-22(26)17-12-15(14-8-4-3-5-9-14)13-19(24)20(17)21(25)16-10-6-7-11-18(16)23/h3-13,23-24H,2H2,1H3. The summed E-state index contributed by atoms with van der Waals surface area (Å²) in [6, 6.07) is 18.1. The van der Waals surface area contributed by atoms with Crippen molar-refractivity contribution in [3.05, 3.63) is 83.4 Å². The fourth-order valence-electron chi connectivity index (χ4n) is 2.83. The zero-order valence-corrected chi connectivity index (χ0v) is 14.7. The van der Waals surface area contributed by atoms with E-state index >= 15 is 0 Å². The van der Waals surface area contributed by atoms with E-state index in [0.717, 1.165) is 5.56 Å². The molecule has 5 heteroatoms. The zero-order valence-electron chi connectivity index (χ0n) is 14.7. The van der Waals surface area contributed by atoms with E-state index in [4.69, 9.17) is 4.74 Å². The van der Waals surface area contributed by atoms with E-state index in [1.165, 1.54) is 24.3 Å². The number of para-hydroxylation sites is 1. The molecule has 0 fully saturated rings. The van der Waals surface area contributed by atoms with Crippen molar-refractivity contribution in [1.29, 1.82) is 0 Å². The second-order valence-electron chi connectivity index (χ2n) is 5.85. The van der Waals surface area contributed by atoms with E-state index in [1.807, 2.05) is 30.3 Å². The Morgan fingerprint density at radius 3 is 2.15 bits per heavy atom. The molecule has 0 aliphatic heterocycles. The summed E-state index contributed by atoms with van der Waals surface area (Å²) in [5, 5.41) is 20.5. The molecule has 27 heavy (non-hydrogen) atoms. The lowest BCUT2D eigenvalue weighted by molar-refractivity contribution is 0.0523. The van der Waals surface area contributed by atoms with Crippen molar-refractivity contribution in [1.82, 2.24) is 0 Å². The SMILES string of the molecule is CCOC(=O)c1cc(-c2ccccc2)cc(O)c1C(=O)c1ccccc1O. The van der Waals surface area contributed by atoms with E-state index in [0.29, 0.717) is 5.56 Å². The molecule has 3 aromatic rings. The highest BCUT2D eigenvalue weighted by Gasteiger charge is 2.26. The molecular formula is C22H18O5. The Morgan fingerprint density at radius 1 is 0.815 bits per heavy atom. The Morgan fingerprint density at radius 2 is 1.48 bits per heavy atom. The van der Waals surface area contributed by atoms with Gasteiger partial charge in [0.2, 0.25) is 5.78 Å². The molecule has 0 amide bonds. The predicted octanol–water partition coefficient (Wildman–Crippen LogP) is 4.17. The third kappa shape index (κ3) is 3.67. The lowest BCUT2D eigenvalue weighted by atomic mass is 9.93. The summed E-state index contributed by atoms with van der Waals surface area (Å²) in [7, 11) is 0. The highest BCUT2D eigenvalue weighted by atomic mass is 16.5. The van der Waals surface area contributed by atoms with Crippen molar-refractivity contribution in [2.24, 2.45) is 0 Å². The van der Waals surface area contributed by atoms with Crippen molar-refractivity contribution < 1.29 is 24.5 Å². The summed E-state index contributed by atoms with van der Waals surface area (Å²) in [5.41, 5.74) is 1.09. The summed E-state index contributed by atoms with van der Waals surface area (Å²) in [5.74, 6) is -1.96. The molecule has 0 atom stereocenters. The quantitative estimate of drug-likeness (QED) is 0.526. The minimum atomic E-state index is -0.718. The van der Waals surface area contributed by atoms with Gasteiger partial charge in [-0.2, -0.15) is 0 Å². The third-order valence-corrected chi connectivity index (χ3v) is 4.10. The number of ether oxygens (including phenoxy) is 1. The van der Waals surface area contributed by atoms with E-state index < -0.39 is 11.8 Å². The Kier molecular flexibility index (Phi) is 5.22. The van der Waals surface area contributed by atoms with E-state index in [1.54, 1.807) is 19.1 Å². The van der Waals surface area contributed by atoms with Gasteiger partial charge in [0.1, 0.15) is 11.5 Å². The first-order valence-electron chi connectivity index (χ1n) is 8.45. The summed E-state index contributed by atoms with van der Waals surface area (Å²) in [6.07, 6.45) is 0. The van der Waals surface area contributed by atoms with Crippen LogP contribution in [-0.2, 0) is 4.74 Å². The predicted molar refractivity (Wildman–Crippen MR) is 101 cm³/mol. The minimum Gasteiger partial charge on any atom is -0.507 e. The summed E-state index contributed by atoms with van der Waals surface area (Å²) in [4.78, 5) is 25.4. The molecule has 3 aromatic carbocycles. The van der Waals surface area contributed by atoms with Gasteiger partial charge in [-0.05, 0) is 42.3 Å². The molecule has 0 aliphatic rings. The number of rotatable bonds is 5. The van der Waals surface area contributed by atoms with Gasteiger partial charge in [0.05, 0.1) is 23.3 Å². The number of esters is 1. The van der Waals surface area contributed by atoms with Gasteiger partial charge >= 0.3 is 5.97 Å². The number of carbonyl (C=O) groups is 2. The highest BCUT2D eigenvalue weighted by Crippen LogP contribution is 2.33. The van der Waals surface area contributed by atoms with Crippen LogP contribution < -0.4 is 0 Å². The Hall–Kier alpha value is -3.60. The molecule has 0 heterocycles. The van der Waals surface area contributed by atoms with Crippen molar-refractivity contribution in [2.45, 2.75) is 6.92 Å². The minimum absolute atomic E-state index is 0.00851. The second kappa shape index (κ2) is 7.74. The van der Waals surface area contributed by atoms with Crippen LogP contribution in [0.15, 0.2) is 66.7 Å². The largest absolute Gasteiger partial charge is 0.507 e. The smallest absolute Gasteiger partial charge is 0.339 e. The lowest BCUT2D eigenvalue weighted by Gasteiger charge is -2.13. The maximum Gasteiger partial charge on any atom is 0.339 e. The Bertz CT molecular complexity index is 993. The molecule has 0 unspecified atom stereocenters. The van der Waals surface area contributed by atoms with Crippen LogP contribution in [0.5, 0.6) is 11.5 Å². The molecule has 0 saturated carbocycles. The number of carbonyl (C=O) groups excluding carboxylic acids is 2. The Labute approximate surface area is 156 Å². The number of hydrogen-bond acceptors (Lipinski definition) is 5. The lowest BCUT2D eigenvalue weighted by Crippen LogP contribution is -2.13. The van der Waals surface area contributed by atoms with Gasteiger partial charge in [0.25, 0.3) is 0 Å². The molecule has 0 saturated heterocycles. The number of phenolic OH excluding ortho intramolecular Hbond substituents is 2. The molecule has 0 aliphatic carbocycles. The number of ketones is 1. The molecule has 0 spiro atoms. The van der Waals surface area contributed by atoms with E-state index in [-0.39, 0.29) is 34.8 Å². The molecular weight excluding hydrogens is 344 g/mol. The molecule has 136 valence electrons. The fourth-order valence-corrected chi connectivity index (χ4v) is 2.83. The van der Waals surface area contributed by atoms with Gasteiger partial charge in [-0.1, -0.05) is 42.5 Å². The molecule has 0 bridgehead atoms. The molecule has 2 N–H and O–H groups in total. The van der Waals surface area contributed by atoms with Gasteiger partial charge in [-0.15, -0.1) is 0 Å². The van der Waals surface area contributed by atoms with Gasteiger partial charge in [0, 0.05) is 0 Å². The van der Waals surface area contributed by atoms with Crippen LogP contribution in [0, 0.1) is 0 Å².